The van der Waals surface area contributed by atoms with Gasteiger partial charge < -0.3 is 14.6 Å². The summed E-state index contributed by atoms with van der Waals surface area (Å²) in [6.07, 6.45) is 3.27. The number of hydrogen-bond donors (Lipinski definition) is 1. The molecule has 3 rings (SSSR count). The molecular weight excluding hydrogens is 346 g/mol. The van der Waals surface area contributed by atoms with Crippen LogP contribution in [0.3, 0.4) is 0 Å². The Morgan fingerprint density at radius 1 is 1.31 bits per heavy atom. The van der Waals surface area contributed by atoms with Crippen molar-refractivity contribution in [1.82, 2.24) is 14.9 Å². The Balaban J connectivity index is 1.83. The topological polar surface area (TPSA) is 56.2 Å². The number of amides is 1. The zero-order valence-electron chi connectivity index (χ0n) is 15.3. The number of carbonyl (C=O) groups excluding carboxylic acids is 1. The SMILES string of the molecule is CCCCCNC(=O)c1csc(-c2cc3ccccc3n2CCOC)n1. The Morgan fingerprint density at radius 3 is 2.96 bits per heavy atom. The molecule has 3 aromatic rings. The zero-order valence-corrected chi connectivity index (χ0v) is 16.1. The van der Waals surface area contributed by atoms with Crippen molar-refractivity contribution in [2.75, 3.05) is 20.3 Å². The summed E-state index contributed by atoms with van der Waals surface area (Å²) >= 11 is 1.50. The van der Waals surface area contributed by atoms with E-state index in [-0.39, 0.29) is 5.91 Å². The molecule has 1 amide bonds. The average molecular weight is 372 g/mol. The number of thiazole rings is 1. The normalized spacial score (nSPS) is 11.2. The van der Waals surface area contributed by atoms with Crippen molar-refractivity contribution < 1.29 is 9.53 Å². The highest BCUT2D eigenvalue weighted by molar-refractivity contribution is 7.13. The lowest BCUT2D eigenvalue weighted by Crippen LogP contribution is -2.24. The summed E-state index contributed by atoms with van der Waals surface area (Å²) in [4.78, 5) is 16.9. The Morgan fingerprint density at radius 2 is 2.15 bits per heavy atom. The minimum atomic E-state index is -0.0943. The largest absolute Gasteiger partial charge is 0.383 e. The zero-order chi connectivity index (χ0) is 18.4. The van der Waals surface area contributed by atoms with Crippen molar-refractivity contribution in [3.05, 3.63) is 41.4 Å². The number of fused-ring (bicyclic) bond motifs is 1. The van der Waals surface area contributed by atoms with Crippen LogP contribution < -0.4 is 5.32 Å². The number of unbranched alkanes of at least 4 members (excludes halogenated alkanes) is 2. The van der Waals surface area contributed by atoms with Gasteiger partial charge in [0.1, 0.15) is 10.7 Å². The van der Waals surface area contributed by atoms with Crippen LogP contribution in [-0.4, -0.2) is 35.7 Å². The second-order valence-electron chi connectivity index (χ2n) is 6.23. The number of methoxy groups -OCH3 is 1. The van der Waals surface area contributed by atoms with Crippen LogP contribution >= 0.6 is 11.3 Å². The van der Waals surface area contributed by atoms with E-state index in [0.29, 0.717) is 18.8 Å². The predicted molar refractivity (Wildman–Crippen MR) is 107 cm³/mol. The fraction of sp³-hybridized carbons (Fsp3) is 0.400. The summed E-state index contributed by atoms with van der Waals surface area (Å²) in [7, 11) is 1.70. The maximum Gasteiger partial charge on any atom is 0.270 e. The number of aromatic nitrogens is 2. The van der Waals surface area contributed by atoms with Crippen LogP contribution in [-0.2, 0) is 11.3 Å². The summed E-state index contributed by atoms with van der Waals surface area (Å²) < 4.78 is 7.47. The van der Waals surface area contributed by atoms with Gasteiger partial charge in [-0.05, 0) is 18.6 Å². The molecule has 2 heterocycles. The van der Waals surface area contributed by atoms with Crippen LogP contribution in [0.25, 0.3) is 21.6 Å². The number of benzene rings is 1. The van der Waals surface area contributed by atoms with Crippen LogP contribution in [0.4, 0.5) is 0 Å². The number of nitrogens with zero attached hydrogens (tertiary/aromatic N) is 2. The Labute approximate surface area is 158 Å². The quantitative estimate of drug-likeness (QED) is 0.570. The van der Waals surface area contributed by atoms with Gasteiger partial charge >= 0.3 is 0 Å². The standard InChI is InChI=1S/C20H25N3O2S/c1-3-4-7-10-21-19(24)16-14-26-20(22-16)18-13-15-8-5-6-9-17(15)23(18)11-12-25-2/h5-6,8-9,13-14H,3-4,7,10-12H2,1-2H3,(H,21,24). The van der Waals surface area contributed by atoms with E-state index in [1.54, 1.807) is 7.11 Å². The molecule has 0 atom stereocenters. The van der Waals surface area contributed by atoms with E-state index in [4.69, 9.17) is 4.74 Å². The molecule has 0 spiro atoms. The van der Waals surface area contributed by atoms with Crippen LogP contribution in [0.5, 0.6) is 0 Å². The van der Waals surface area contributed by atoms with Crippen molar-refractivity contribution in [3.63, 3.8) is 0 Å². The summed E-state index contributed by atoms with van der Waals surface area (Å²) in [6.45, 7) is 4.23. The highest BCUT2D eigenvalue weighted by atomic mass is 32.1. The van der Waals surface area contributed by atoms with Gasteiger partial charge in [-0.2, -0.15) is 0 Å². The molecule has 0 unspecified atom stereocenters. The third kappa shape index (κ3) is 4.14. The lowest BCUT2D eigenvalue weighted by molar-refractivity contribution is 0.0948. The molecule has 0 bridgehead atoms. The smallest absolute Gasteiger partial charge is 0.270 e. The first-order chi connectivity index (χ1) is 12.7. The van der Waals surface area contributed by atoms with E-state index in [9.17, 15) is 4.79 Å². The van der Waals surface area contributed by atoms with E-state index in [2.05, 4.69) is 40.0 Å². The molecule has 0 saturated heterocycles. The molecule has 138 valence electrons. The van der Waals surface area contributed by atoms with Crippen molar-refractivity contribution in [2.45, 2.75) is 32.7 Å². The second-order valence-corrected chi connectivity index (χ2v) is 7.09. The molecule has 0 fully saturated rings. The third-order valence-corrected chi connectivity index (χ3v) is 5.22. The Bertz CT molecular complexity index is 869. The molecule has 0 aliphatic rings. The van der Waals surface area contributed by atoms with E-state index < -0.39 is 0 Å². The van der Waals surface area contributed by atoms with E-state index in [1.165, 1.54) is 16.7 Å². The maximum atomic E-state index is 12.3. The summed E-state index contributed by atoms with van der Waals surface area (Å²) in [5.41, 5.74) is 2.67. The fourth-order valence-electron chi connectivity index (χ4n) is 2.97. The van der Waals surface area contributed by atoms with Gasteiger partial charge in [-0.3, -0.25) is 4.79 Å². The highest BCUT2D eigenvalue weighted by Crippen LogP contribution is 2.30. The molecule has 0 radical (unpaired) electrons. The van der Waals surface area contributed by atoms with E-state index in [0.717, 1.165) is 42.0 Å². The molecule has 5 nitrogen and oxygen atoms in total. The molecule has 6 heteroatoms. The monoisotopic (exact) mass is 371 g/mol. The average Bonchev–Trinajstić information content (AvgIpc) is 3.28. The molecule has 2 aromatic heterocycles. The lowest BCUT2D eigenvalue weighted by Gasteiger charge is -2.08. The van der Waals surface area contributed by atoms with Crippen molar-refractivity contribution in [3.8, 4) is 10.7 Å². The van der Waals surface area contributed by atoms with Gasteiger partial charge in [0.2, 0.25) is 0 Å². The maximum absolute atomic E-state index is 12.3. The van der Waals surface area contributed by atoms with Gasteiger partial charge in [-0.15, -0.1) is 11.3 Å². The fourth-order valence-corrected chi connectivity index (χ4v) is 3.80. The van der Waals surface area contributed by atoms with Crippen LogP contribution in [0.2, 0.25) is 0 Å². The van der Waals surface area contributed by atoms with Crippen LogP contribution in [0.15, 0.2) is 35.7 Å². The van der Waals surface area contributed by atoms with Gasteiger partial charge in [0.05, 0.1) is 12.3 Å². The van der Waals surface area contributed by atoms with Crippen LogP contribution in [0.1, 0.15) is 36.7 Å². The number of ether oxygens (including phenoxy) is 1. The number of nitrogens with one attached hydrogen (secondary N) is 1. The Kier molecular flexibility index (Phi) is 6.41. The first-order valence-electron chi connectivity index (χ1n) is 9.06. The second kappa shape index (κ2) is 8.96. The molecule has 0 aliphatic carbocycles. The molecular formula is C20H25N3O2S. The molecule has 1 aromatic carbocycles. The van der Waals surface area contributed by atoms with Crippen molar-refractivity contribution in [2.24, 2.45) is 0 Å². The predicted octanol–water partition coefficient (Wildman–Crippen LogP) is 4.33. The lowest BCUT2D eigenvalue weighted by atomic mass is 10.2. The summed E-state index contributed by atoms with van der Waals surface area (Å²) in [6, 6.07) is 10.4. The van der Waals surface area contributed by atoms with Crippen molar-refractivity contribution >= 4 is 28.1 Å². The van der Waals surface area contributed by atoms with E-state index in [1.807, 2.05) is 17.5 Å². The first kappa shape index (κ1) is 18.6. The van der Waals surface area contributed by atoms with Gasteiger partial charge in [0, 0.05) is 36.5 Å². The molecule has 0 aliphatic heterocycles. The minimum absolute atomic E-state index is 0.0943. The molecule has 0 saturated carbocycles. The number of carbonyl (C=O) groups is 1. The van der Waals surface area contributed by atoms with Crippen molar-refractivity contribution in [1.29, 1.82) is 0 Å². The number of para-hydroxylation sites is 1. The molecule has 1 N–H and O–H groups in total. The van der Waals surface area contributed by atoms with Crippen LogP contribution in [0, 0.1) is 0 Å². The number of rotatable bonds is 9. The highest BCUT2D eigenvalue weighted by Gasteiger charge is 2.16. The summed E-state index contributed by atoms with van der Waals surface area (Å²) in [5, 5.41) is 6.81. The van der Waals surface area contributed by atoms with Gasteiger partial charge in [0.25, 0.3) is 5.91 Å². The van der Waals surface area contributed by atoms with E-state index >= 15 is 0 Å². The number of hydrogen-bond acceptors (Lipinski definition) is 4. The third-order valence-electron chi connectivity index (χ3n) is 4.35. The summed E-state index contributed by atoms with van der Waals surface area (Å²) in [5.74, 6) is -0.0943. The van der Waals surface area contributed by atoms with Gasteiger partial charge in [-0.25, -0.2) is 4.98 Å². The first-order valence-corrected chi connectivity index (χ1v) is 9.94. The van der Waals surface area contributed by atoms with Gasteiger partial charge in [-0.1, -0.05) is 38.0 Å². The minimum Gasteiger partial charge on any atom is -0.383 e. The molecule has 26 heavy (non-hydrogen) atoms. The van der Waals surface area contributed by atoms with Gasteiger partial charge in [0.15, 0.2) is 0 Å². The Hall–Kier alpha value is -2.18.